The van der Waals surface area contributed by atoms with Gasteiger partial charge in [0.25, 0.3) is 0 Å². The minimum absolute atomic E-state index is 0.00817. The summed E-state index contributed by atoms with van der Waals surface area (Å²) in [5.74, 6) is -9.02. The van der Waals surface area contributed by atoms with Crippen LogP contribution in [0.1, 0.15) is 96.1 Å². The molecule has 1 aliphatic heterocycles. The van der Waals surface area contributed by atoms with Crippen LogP contribution in [0.15, 0.2) is 70.8 Å². The van der Waals surface area contributed by atoms with Crippen LogP contribution < -0.4 is 60.6 Å². The molecule has 402 valence electrons. The Hall–Kier alpha value is -7.85. The summed E-state index contributed by atoms with van der Waals surface area (Å²) in [5.41, 5.74) is 30.1. The fourth-order valence-electron chi connectivity index (χ4n) is 8.72. The van der Waals surface area contributed by atoms with Gasteiger partial charge < -0.3 is 65.6 Å². The fourth-order valence-corrected chi connectivity index (χ4v) is 8.72. The molecule has 23 heteroatoms. The number of nitrogens with zero attached hydrogens (tertiary/aromatic N) is 2. The van der Waals surface area contributed by atoms with Crippen LogP contribution in [0, 0.1) is 17.8 Å². The van der Waals surface area contributed by atoms with Crippen LogP contribution in [0.3, 0.4) is 0 Å². The quantitative estimate of drug-likeness (QED) is 0.0461. The first-order chi connectivity index (χ1) is 35.2. The SMILES string of the molecule is CC(=O)N[C@@H](CCCN=C(N)N)C(=O)N[C@H]1CC(=O)NCCCC[C@@H](C(N)=O)NC(=O)[C@H](Cc2c[nH]c3ccccc23)CC(=O)[C@H](CCCN=C(N)N)CC(=O)[C@@H](Cc2ccccc2)NC(=O)[C@@H](C(C)C)NC1=O. The third-order valence-electron chi connectivity index (χ3n) is 12.7. The summed E-state index contributed by atoms with van der Waals surface area (Å²) in [6.07, 6.45) is 1.89. The van der Waals surface area contributed by atoms with E-state index in [9.17, 15) is 43.2 Å². The number of Topliss-reactive ketones (excluding diaryl/α,β-unsaturated/α-hetero) is 2. The Labute approximate surface area is 430 Å². The van der Waals surface area contributed by atoms with Gasteiger partial charge >= 0.3 is 0 Å². The average Bonchev–Trinajstić information content (AvgIpc) is 3.75. The smallest absolute Gasteiger partial charge is 0.243 e. The van der Waals surface area contributed by atoms with Gasteiger partial charge in [-0.3, -0.25) is 53.1 Å². The van der Waals surface area contributed by atoms with Crippen molar-refractivity contribution in [3.8, 4) is 0 Å². The molecule has 23 nitrogen and oxygen atoms in total. The number of hydrogen-bond acceptors (Lipinski definition) is 11. The van der Waals surface area contributed by atoms with E-state index >= 15 is 0 Å². The zero-order chi connectivity index (χ0) is 54.3. The Morgan fingerprint density at radius 2 is 1.39 bits per heavy atom. The second-order valence-corrected chi connectivity index (χ2v) is 19.0. The van der Waals surface area contributed by atoms with Crippen molar-refractivity contribution in [2.45, 2.75) is 128 Å². The molecule has 0 saturated carbocycles. The second-order valence-electron chi connectivity index (χ2n) is 19.0. The van der Waals surface area contributed by atoms with Crippen molar-refractivity contribution in [2.24, 2.45) is 56.4 Å². The molecule has 4 rings (SSSR count). The van der Waals surface area contributed by atoms with Gasteiger partial charge in [-0.25, -0.2) is 0 Å². The maximum Gasteiger partial charge on any atom is 0.243 e. The summed E-state index contributed by atoms with van der Waals surface area (Å²) >= 11 is 0. The van der Waals surface area contributed by atoms with Gasteiger partial charge in [0.2, 0.25) is 41.4 Å². The van der Waals surface area contributed by atoms with E-state index in [1.54, 1.807) is 50.4 Å². The molecule has 0 spiro atoms. The third-order valence-corrected chi connectivity index (χ3v) is 12.7. The van der Waals surface area contributed by atoms with Gasteiger partial charge in [0.1, 0.15) is 30.0 Å². The maximum absolute atomic E-state index is 14.7. The molecule has 0 unspecified atom stereocenters. The standard InChI is InChI=1S/C51H74N14O9/c1-29(2)44-49(74)63-39(23-31-13-5-4-6-14-31)42(68)25-32(15-11-21-58-50(53)54)41(67)26-33(24-34-28-60-36-17-8-7-16-35(34)36)46(71)62-37(45(52)70)18-9-10-20-57-43(69)27-40(48(73)65-44)64-47(72)38(61-30(3)66)19-12-22-59-51(55)56/h4-8,13-14,16-17,28-29,32-33,37-40,44,60H,9-12,15,18-27H2,1-3H3,(H2,52,70)(H,57,69)(H,61,66)(H,62,71)(H,63,74)(H,64,72)(H,65,73)(H4,53,54,58)(H4,55,56,59)/t32-,33-,37+,38+,39-,40+,44-/m1/s1. The first-order valence-electron chi connectivity index (χ1n) is 25.0. The molecule has 0 bridgehead atoms. The molecule has 1 aliphatic rings. The first-order valence-corrected chi connectivity index (χ1v) is 25.0. The van der Waals surface area contributed by atoms with Crippen LogP contribution in [-0.2, 0) is 56.0 Å². The van der Waals surface area contributed by atoms with Crippen LogP contribution in [-0.4, -0.2) is 120 Å². The molecule has 74 heavy (non-hydrogen) atoms. The van der Waals surface area contributed by atoms with Gasteiger partial charge in [0.05, 0.1) is 12.5 Å². The lowest BCUT2D eigenvalue weighted by Crippen LogP contribution is -2.59. The summed E-state index contributed by atoms with van der Waals surface area (Å²) in [7, 11) is 0. The fraction of sp³-hybridized carbons (Fsp3) is 0.510. The number of hydrogen-bond donors (Lipinski definition) is 12. The highest BCUT2D eigenvalue weighted by atomic mass is 16.2. The molecule has 7 atom stereocenters. The van der Waals surface area contributed by atoms with Crippen molar-refractivity contribution in [3.05, 3.63) is 71.9 Å². The van der Waals surface area contributed by atoms with E-state index in [0.29, 0.717) is 12.0 Å². The highest BCUT2D eigenvalue weighted by Gasteiger charge is 2.36. The second kappa shape index (κ2) is 29.6. The van der Waals surface area contributed by atoms with Crippen molar-refractivity contribution in [1.29, 1.82) is 0 Å². The van der Waals surface area contributed by atoms with Gasteiger partial charge in [0.15, 0.2) is 17.7 Å². The molecular weight excluding hydrogens is 953 g/mol. The zero-order valence-electron chi connectivity index (χ0n) is 42.5. The zero-order valence-corrected chi connectivity index (χ0v) is 42.5. The highest BCUT2D eigenvalue weighted by molar-refractivity contribution is 5.99. The summed E-state index contributed by atoms with van der Waals surface area (Å²) in [4.78, 5) is 136. The number of carbonyl (C=O) groups excluding carboxylic acids is 9. The maximum atomic E-state index is 14.7. The number of H-pyrrole nitrogens is 1. The first kappa shape index (κ1) is 58.7. The number of primary amides is 1. The van der Waals surface area contributed by atoms with Crippen LogP contribution in [0.4, 0.5) is 0 Å². The van der Waals surface area contributed by atoms with E-state index in [2.05, 4.69) is 46.9 Å². The van der Waals surface area contributed by atoms with Gasteiger partial charge in [-0.15, -0.1) is 0 Å². The number of benzene rings is 2. The van der Waals surface area contributed by atoms with Crippen molar-refractivity contribution >= 4 is 75.7 Å². The van der Waals surface area contributed by atoms with Crippen LogP contribution in [0.25, 0.3) is 10.9 Å². The van der Waals surface area contributed by atoms with E-state index in [0.717, 1.165) is 16.5 Å². The number of fused-ring (bicyclic) bond motifs is 1. The van der Waals surface area contributed by atoms with Gasteiger partial charge in [0, 0.05) is 68.3 Å². The number of amides is 7. The molecular formula is C51H74N14O9. The molecule has 1 saturated heterocycles. The molecule has 17 N–H and O–H groups in total. The number of aromatic nitrogens is 1. The van der Waals surface area contributed by atoms with Gasteiger partial charge in [-0.05, 0) is 80.9 Å². The minimum atomic E-state index is -1.58. The van der Waals surface area contributed by atoms with Crippen molar-refractivity contribution in [1.82, 2.24) is 36.9 Å². The van der Waals surface area contributed by atoms with E-state index < -0.39 is 107 Å². The largest absolute Gasteiger partial charge is 0.370 e. The lowest BCUT2D eigenvalue weighted by atomic mass is 9.83. The van der Waals surface area contributed by atoms with Crippen LogP contribution in [0.2, 0.25) is 0 Å². The molecule has 2 aromatic carbocycles. The van der Waals surface area contributed by atoms with E-state index in [1.807, 2.05) is 24.3 Å². The lowest BCUT2D eigenvalue weighted by molar-refractivity contribution is -0.136. The topological polar surface area (TPSA) is 396 Å². The summed E-state index contributed by atoms with van der Waals surface area (Å²) in [6, 6.07) is 9.84. The minimum Gasteiger partial charge on any atom is -0.370 e. The van der Waals surface area contributed by atoms with Crippen molar-refractivity contribution < 1.29 is 43.2 Å². The van der Waals surface area contributed by atoms with Gasteiger partial charge in [-0.2, -0.15) is 0 Å². The van der Waals surface area contributed by atoms with Crippen LogP contribution >= 0.6 is 0 Å². The van der Waals surface area contributed by atoms with Gasteiger partial charge in [-0.1, -0.05) is 62.4 Å². The number of carbonyl (C=O) groups is 9. The number of nitrogens with two attached hydrogens (primary N) is 5. The average molecular weight is 1030 g/mol. The molecule has 7 amide bonds. The Balaban J connectivity index is 1.76. The summed E-state index contributed by atoms with van der Waals surface area (Å²) in [5, 5.41) is 16.9. The molecule has 2 heterocycles. The molecule has 1 aromatic heterocycles. The number of nitrogens with one attached hydrogen (secondary N) is 7. The van der Waals surface area contributed by atoms with E-state index in [1.165, 1.54) is 6.92 Å². The third kappa shape index (κ3) is 19.6. The molecule has 1 fully saturated rings. The van der Waals surface area contributed by atoms with Crippen molar-refractivity contribution in [2.75, 3.05) is 19.6 Å². The number of aliphatic imine (C=N–C) groups is 2. The number of aromatic amines is 1. The summed E-state index contributed by atoms with van der Waals surface area (Å²) in [6.45, 7) is 4.84. The lowest BCUT2D eigenvalue weighted by Gasteiger charge is -2.28. The monoisotopic (exact) mass is 1030 g/mol. The molecule has 0 radical (unpaired) electrons. The Kier molecular flexibility index (Phi) is 23.5. The normalized spacial score (nSPS) is 21.5. The highest BCUT2D eigenvalue weighted by Crippen LogP contribution is 2.26. The predicted molar refractivity (Wildman–Crippen MR) is 279 cm³/mol. The van der Waals surface area contributed by atoms with E-state index in [-0.39, 0.29) is 95.8 Å². The molecule has 3 aromatic rings. The number of ketones is 2. The van der Waals surface area contributed by atoms with E-state index in [4.69, 9.17) is 28.7 Å². The Bertz CT molecular complexity index is 2490. The number of rotatable bonds is 17. The Morgan fingerprint density at radius 3 is 2.05 bits per heavy atom. The predicted octanol–water partition coefficient (Wildman–Crippen LogP) is -0.514. The number of guanidine groups is 2. The van der Waals surface area contributed by atoms with Crippen molar-refractivity contribution in [3.63, 3.8) is 0 Å². The summed E-state index contributed by atoms with van der Waals surface area (Å²) < 4.78 is 0. The number of para-hydroxylation sites is 1. The molecule has 0 aliphatic carbocycles. The van der Waals surface area contributed by atoms with Crippen LogP contribution in [0.5, 0.6) is 0 Å². The Morgan fingerprint density at radius 1 is 0.730 bits per heavy atom.